The van der Waals surface area contributed by atoms with Crippen molar-refractivity contribution in [3.8, 4) is 0 Å². The fourth-order valence-corrected chi connectivity index (χ4v) is 4.26. The van der Waals surface area contributed by atoms with Crippen molar-refractivity contribution in [2.24, 2.45) is 0 Å². The summed E-state index contributed by atoms with van der Waals surface area (Å²) in [5, 5.41) is 2.23. The first-order valence-electron chi connectivity index (χ1n) is 8.15. The molecule has 0 radical (unpaired) electrons. The number of amides is 1. The normalized spacial score (nSPS) is 13.1. The summed E-state index contributed by atoms with van der Waals surface area (Å²) in [6.45, 7) is 2.88. The zero-order valence-corrected chi connectivity index (χ0v) is 17.8. The van der Waals surface area contributed by atoms with Crippen LogP contribution in [0.1, 0.15) is 18.1 Å². The maximum atomic E-state index is 13.3. The van der Waals surface area contributed by atoms with Gasteiger partial charge in [-0.3, -0.25) is 9.10 Å². The van der Waals surface area contributed by atoms with E-state index < -0.39 is 39.4 Å². The Morgan fingerprint density at radius 1 is 1.10 bits per heavy atom. The van der Waals surface area contributed by atoms with Crippen LogP contribution in [0.15, 0.2) is 36.4 Å². The topological polar surface area (TPSA) is 66.5 Å². The number of anilines is 2. The summed E-state index contributed by atoms with van der Waals surface area (Å²) in [4.78, 5) is 12.7. The molecule has 2 rings (SSSR count). The van der Waals surface area contributed by atoms with Crippen LogP contribution in [0, 0.1) is 6.92 Å². The molecule has 0 unspecified atom stereocenters. The van der Waals surface area contributed by atoms with Gasteiger partial charge < -0.3 is 5.32 Å². The van der Waals surface area contributed by atoms with Gasteiger partial charge in [0.05, 0.1) is 23.2 Å². The predicted molar refractivity (Wildman–Crippen MR) is 108 cm³/mol. The summed E-state index contributed by atoms with van der Waals surface area (Å²) < 4.78 is 65.3. The molecular formula is C18H17Cl2F3N2O3S. The number of carbonyl (C=O) groups excluding carboxylic acids is 1. The molecule has 2 aromatic rings. The van der Waals surface area contributed by atoms with Gasteiger partial charge in [0.2, 0.25) is 15.9 Å². The molecule has 0 saturated carbocycles. The number of halogens is 5. The number of sulfonamides is 1. The molecule has 0 heterocycles. The second-order valence-corrected chi connectivity index (χ2v) is 9.07. The minimum atomic E-state index is -4.77. The van der Waals surface area contributed by atoms with Crippen molar-refractivity contribution in [3.05, 3.63) is 57.6 Å². The van der Waals surface area contributed by atoms with E-state index in [1.165, 1.54) is 19.1 Å². The van der Waals surface area contributed by atoms with Crippen LogP contribution >= 0.6 is 23.2 Å². The fraction of sp³-hybridized carbons (Fsp3) is 0.278. The van der Waals surface area contributed by atoms with Crippen molar-refractivity contribution in [1.29, 1.82) is 0 Å². The average molecular weight is 469 g/mol. The lowest BCUT2D eigenvalue weighted by molar-refractivity contribution is -0.137. The van der Waals surface area contributed by atoms with Crippen LogP contribution in [0.25, 0.3) is 0 Å². The van der Waals surface area contributed by atoms with E-state index in [4.69, 9.17) is 23.2 Å². The quantitative estimate of drug-likeness (QED) is 0.662. The number of aryl methyl sites for hydroxylation is 1. The Morgan fingerprint density at radius 2 is 1.66 bits per heavy atom. The van der Waals surface area contributed by atoms with Crippen LogP contribution in [0.2, 0.25) is 10.0 Å². The molecule has 0 fully saturated rings. The Kier molecular flexibility index (Phi) is 6.76. The van der Waals surface area contributed by atoms with Gasteiger partial charge >= 0.3 is 6.18 Å². The lowest BCUT2D eigenvalue weighted by atomic mass is 10.1. The molecule has 0 spiro atoms. The summed E-state index contributed by atoms with van der Waals surface area (Å²) in [6.07, 6.45) is -3.88. The van der Waals surface area contributed by atoms with E-state index in [0.717, 1.165) is 16.6 Å². The van der Waals surface area contributed by atoms with E-state index in [9.17, 15) is 26.4 Å². The zero-order chi connectivity index (χ0) is 22.1. The van der Waals surface area contributed by atoms with Crippen LogP contribution in [-0.2, 0) is 21.0 Å². The van der Waals surface area contributed by atoms with Crippen LogP contribution < -0.4 is 9.62 Å². The maximum absolute atomic E-state index is 13.3. The molecule has 0 aliphatic heterocycles. The highest BCUT2D eigenvalue weighted by Crippen LogP contribution is 2.37. The Balaban J connectivity index is 2.45. The molecular weight excluding hydrogens is 452 g/mol. The number of carbonyl (C=O) groups is 1. The highest BCUT2D eigenvalue weighted by Gasteiger charge is 2.36. The molecule has 0 aliphatic carbocycles. The Labute approximate surface area is 176 Å². The van der Waals surface area contributed by atoms with Crippen molar-refractivity contribution in [3.63, 3.8) is 0 Å². The third kappa shape index (κ3) is 5.55. The van der Waals surface area contributed by atoms with Gasteiger partial charge in [0.25, 0.3) is 0 Å². The van der Waals surface area contributed by atoms with Gasteiger partial charge in [-0.1, -0.05) is 29.3 Å². The van der Waals surface area contributed by atoms with Gasteiger partial charge in [0.15, 0.2) is 0 Å². The zero-order valence-electron chi connectivity index (χ0n) is 15.5. The van der Waals surface area contributed by atoms with Crippen LogP contribution in [0.4, 0.5) is 24.5 Å². The number of alkyl halides is 3. The number of hydrogen-bond acceptors (Lipinski definition) is 3. The van der Waals surface area contributed by atoms with Gasteiger partial charge in [-0.2, -0.15) is 13.2 Å². The molecule has 158 valence electrons. The molecule has 5 nitrogen and oxygen atoms in total. The highest BCUT2D eigenvalue weighted by atomic mass is 35.5. The third-order valence-electron chi connectivity index (χ3n) is 4.04. The van der Waals surface area contributed by atoms with Crippen molar-refractivity contribution < 1.29 is 26.4 Å². The first kappa shape index (κ1) is 23.3. The van der Waals surface area contributed by atoms with E-state index in [1.807, 2.05) is 0 Å². The summed E-state index contributed by atoms with van der Waals surface area (Å²) >= 11 is 11.6. The second-order valence-electron chi connectivity index (χ2n) is 6.34. The van der Waals surface area contributed by atoms with Crippen LogP contribution in [0.3, 0.4) is 0 Å². The fourth-order valence-electron chi connectivity index (χ4n) is 2.70. The smallest absolute Gasteiger partial charge is 0.324 e. The Hall–Kier alpha value is -1.97. The average Bonchev–Trinajstić information content (AvgIpc) is 2.57. The van der Waals surface area contributed by atoms with E-state index in [1.54, 1.807) is 19.1 Å². The maximum Gasteiger partial charge on any atom is 0.418 e. The lowest BCUT2D eigenvalue weighted by Crippen LogP contribution is -2.45. The molecule has 11 heteroatoms. The van der Waals surface area contributed by atoms with Gasteiger partial charge in [-0.15, -0.1) is 0 Å². The number of benzene rings is 2. The van der Waals surface area contributed by atoms with Crippen LogP contribution in [-0.4, -0.2) is 26.6 Å². The van der Waals surface area contributed by atoms with Gasteiger partial charge in [0.1, 0.15) is 6.04 Å². The van der Waals surface area contributed by atoms with Crippen LogP contribution in [0.5, 0.6) is 0 Å². The SMILES string of the molecule is Cc1ccc(Cl)cc1N([C@@H](C)C(=O)Nc1ccc(Cl)cc1C(F)(F)F)S(C)(=O)=O. The predicted octanol–water partition coefficient (Wildman–Crippen LogP) is 5.11. The summed E-state index contributed by atoms with van der Waals surface area (Å²) in [5.41, 5.74) is -1.01. The third-order valence-corrected chi connectivity index (χ3v) is 5.74. The van der Waals surface area contributed by atoms with E-state index in [2.05, 4.69) is 5.32 Å². The molecule has 0 aliphatic rings. The van der Waals surface area contributed by atoms with Gasteiger partial charge in [-0.05, 0) is 49.7 Å². The van der Waals surface area contributed by atoms with Gasteiger partial charge in [-0.25, -0.2) is 8.42 Å². The molecule has 0 aromatic heterocycles. The number of nitrogens with one attached hydrogen (secondary N) is 1. The highest BCUT2D eigenvalue weighted by molar-refractivity contribution is 7.92. The monoisotopic (exact) mass is 468 g/mol. The second kappa shape index (κ2) is 8.41. The van der Waals surface area contributed by atoms with Crippen molar-refractivity contribution in [2.75, 3.05) is 15.9 Å². The Morgan fingerprint density at radius 3 is 2.21 bits per heavy atom. The van der Waals surface area contributed by atoms with E-state index in [-0.39, 0.29) is 15.7 Å². The van der Waals surface area contributed by atoms with Gasteiger partial charge in [0, 0.05) is 10.0 Å². The molecule has 0 bridgehead atoms. The molecule has 29 heavy (non-hydrogen) atoms. The standard InChI is InChI=1S/C18H17Cl2F3N2O3S/c1-10-4-5-13(20)9-16(10)25(29(3,27)28)11(2)17(26)24-15-7-6-12(19)8-14(15)18(21,22)23/h4-9,11H,1-3H3,(H,24,26)/t11-/m0/s1. The number of nitrogens with zero attached hydrogens (tertiary/aromatic N) is 1. The van der Waals surface area contributed by atoms with E-state index >= 15 is 0 Å². The van der Waals surface area contributed by atoms with Crippen molar-refractivity contribution in [1.82, 2.24) is 0 Å². The number of rotatable bonds is 5. The minimum Gasteiger partial charge on any atom is -0.324 e. The summed E-state index contributed by atoms with van der Waals surface area (Å²) in [7, 11) is -3.97. The first-order valence-corrected chi connectivity index (χ1v) is 10.8. The molecule has 1 atom stereocenters. The van der Waals surface area contributed by atoms with E-state index in [0.29, 0.717) is 11.6 Å². The molecule has 1 N–H and O–H groups in total. The Bertz CT molecular complexity index is 1040. The van der Waals surface area contributed by atoms with Crippen molar-refractivity contribution >= 4 is 50.5 Å². The number of hydrogen-bond donors (Lipinski definition) is 1. The summed E-state index contributed by atoms with van der Waals surface area (Å²) in [6, 6.07) is 6.00. The minimum absolute atomic E-state index is 0.148. The molecule has 2 aromatic carbocycles. The largest absolute Gasteiger partial charge is 0.418 e. The molecule has 0 saturated heterocycles. The first-order chi connectivity index (χ1) is 13.2. The van der Waals surface area contributed by atoms with Crippen molar-refractivity contribution in [2.45, 2.75) is 26.1 Å². The lowest BCUT2D eigenvalue weighted by Gasteiger charge is -2.30. The summed E-state index contributed by atoms with van der Waals surface area (Å²) in [5.74, 6) is -0.956. The molecule has 1 amide bonds.